The fourth-order valence-electron chi connectivity index (χ4n) is 1.42. The number of alkyl halides is 1. The van der Waals surface area contributed by atoms with Crippen molar-refractivity contribution in [1.82, 2.24) is 0 Å². The molecule has 0 spiro atoms. The number of hydrogen-bond donors (Lipinski definition) is 0. The standard InChI is InChI=1S/C11H9BrO2/c12-10(7-13)6-8-1-2-11-9(5-8)3-4-14-11/h1-5,7,10H,6H2/t10-/m0/s1. The Bertz CT molecular complexity index is 447. The molecule has 3 heteroatoms. The normalized spacial score (nSPS) is 12.9. The van der Waals surface area contributed by atoms with Crippen LogP contribution in [0.2, 0.25) is 0 Å². The zero-order valence-corrected chi connectivity index (χ0v) is 9.03. The second kappa shape index (κ2) is 3.96. The van der Waals surface area contributed by atoms with E-state index < -0.39 is 0 Å². The number of hydrogen-bond acceptors (Lipinski definition) is 2. The van der Waals surface area contributed by atoms with Crippen molar-refractivity contribution in [3.05, 3.63) is 36.1 Å². The van der Waals surface area contributed by atoms with Crippen LogP contribution in [-0.2, 0) is 11.2 Å². The third-order valence-corrected chi connectivity index (χ3v) is 2.63. The minimum atomic E-state index is -0.105. The first-order valence-corrected chi connectivity index (χ1v) is 5.26. The van der Waals surface area contributed by atoms with Gasteiger partial charge in [0.25, 0.3) is 0 Å². The molecule has 0 radical (unpaired) electrons. The number of halogens is 1. The average molecular weight is 253 g/mol. The van der Waals surface area contributed by atoms with E-state index in [9.17, 15) is 4.79 Å². The van der Waals surface area contributed by atoms with Gasteiger partial charge in [-0.1, -0.05) is 22.0 Å². The molecule has 0 aliphatic carbocycles. The third kappa shape index (κ3) is 1.87. The third-order valence-electron chi connectivity index (χ3n) is 2.10. The van der Waals surface area contributed by atoms with Gasteiger partial charge in [0.05, 0.1) is 11.1 Å². The second-order valence-electron chi connectivity index (χ2n) is 3.15. The molecule has 72 valence electrons. The molecule has 0 saturated heterocycles. The summed E-state index contributed by atoms with van der Waals surface area (Å²) in [7, 11) is 0. The summed E-state index contributed by atoms with van der Waals surface area (Å²) in [6.07, 6.45) is 3.28. The minimum absolute atomic E-state index is 0.105. The molecule has 1 aromatic carbocycles. The molecule has 0 unspecified atom stereocenters. The van der Waals surface area contributed by atoms with Gasteiger partial charge in [0.2, 0.25) is 0 Å². The van der Waals surface area contributed by atoms with Gasteiger partial charge in [0.15, 0.2) is 0 Å². The monoisotopic (exact) mass is 252 g/mol. The highest BCUT2D eigenvalue weighted by molar-refractivity contribution is 9.09. The highest BCUT2D eigenvalue weighted by atomic mass is 79.9. The van der Waals surface area contributed by atoms with Crippen LogP contribution in [0.3, 0.4) is 0 Å². The van der Waals surface area contributed by atoms with E-state index in [1.54, 1.807) is 6.26 Å². The summed E-state index contributed by atoms with van der Waals surface area (Å²) in [4.78, 5) is 10.4. The molecule has 0 bridgehead atoms. The van der Waals surface area contributed by atoms with Gasteiger partial charge in [-0.05, 0) is 30.2 Å². The molecule has 1 heterocycles. The lowest BCUT2D eigenvalue weighted by atomic mass is 10.1. The Hall–Kier alpha value is -1.09. The Morgan fingerprint density at radius 3 is 3.07 bits per heavy atom. The van der Waals surface area contributed by atoms with Crippen LogP contribution in [0, 0.1) is 0 Å². The lowest BCUT2D eigenvalue weighted by Crippen LogP contribution is -2.03. The van der Waals surface area contributed by atoms with Crippen molar-refractivity contribution in [2.45, 2.75) is 11.2 Å². The van der Waals surface area contributed by atoms with Crippen LogP contribution in [-0.4, -0.2) is 11.1 Å². The minimum Gasteiger partial charge on any atom is -0.464 e. The number of rotatable bonds is 3. The number of carbonyl (C=O) groups excluding carboxylic acids is 1. The zero-order chi connectivity index (χ0) is 9.97. The fourth-order valence-corrected chi connectivity index (χ4v) is 1.79. The maximum atomic E-state index is 10.5. The van der Waals surface area contributed by atoms with Crippen molar-refractivity contribution >= 4 is 33.2 Å². The Kier molecular flexibility index (Phi) is 2.68. The van der Waals surface area contributed by atoms with E-state index in [1.807, 2.05) is 24.3 Å². The molecule has 0 aliphatic heterocycles. The van der Waals surface area contributed by atoms with E-state index >= 15 is 0 Å². The average Bonchev–Trinajstić information content (AvgIpc) is 2.64. The number of benzene rings is 1. The van der Waals surface area contributed by atoms with Crippen molar-refractivity contribution in [2.24, 2.45) is 0 Å². The summed E-state index contributed by atoms with van der Waals surface area (Å²) in [6.45, 7) is 0. The van der Waals surface area contributed by atoms with E-state index in [4.69, 9.17) is 4.42 Å². The highest BCUT2D eigenvalue weighted by Gasteiger charge is 2.04. The van der Waals surface area contributed by atoms with E-state index in [0.717, 1.165) is 22.8 Å². The van der Waals surface area contributed by atoms with Crippen LogP contribution in [0.1, 0.15) is 5.56 Å². The van der Waals surface area contributed by atoms with Crippen LogP contribution in [0.4, 0.5) is 0 Å². The highest BCUT2D eigenvalue weighted by Crippen LogP contribution is 2.18. The van der Waals surface area contributed by atoms with E-state index in [2.05, 4.69) is 15.9 Å². The van der Waals surface area contributed by atoms with Crippen molar-refractivity contribution in [3.63, 3.8) is 0 Å². The predicted octanol–water partition coefficient (Wildman–Crippen LogP) is 2.94. The lowest BCUT2D eigenvalue weighted by molar-refractivity contribution is -0.107. The molecule has 2 nitrogen and oxygen atoms in total. The van der Waals surface area contributed by atoms with Crippen LogP contribution in [0.5, 0.6) is 0 Å². The van der Waals surface area contributed by atoms with Crippen molar-refractivity contribution in [2.75, 3.05) is 0 Å². The molecule has 0 N–H and O–H groups in total. The Balaban J connectivity index is 2.29. The first-order valence-electron chi connectivity index (χ1n) is 4.35. The van der Waals surface area contributed by atoms with Gasteiger partial charge < -0.3 is 9.21 Å². The van der Waals surface area contributed by atoms with E-state index in [0.29, 0.717) is 6.42 Å². The quantitative estimate of drug-likeness (QED) is 0.621. The van der Waals surface area contributed by atoms with Gasteiger partial charge in [-0.2, -0.15) is 0 Å². The van der Waals surface area contributed by atoms with Gasteiger partial charge in [-0.25, -0.2) is 0 Å². The molecule has 0 saturated carbocycles. The summed E-state index contributed by atoms with van der Waals surface area (Å²) in [5, 5.41) is 1.08. The summed E-state index contributed by atoms with van der Waals surface area (Å²) in [5.41, 5.74) is 2.01. The van der Waals surface area contributed by atoms with Crippen molar-refractivity contribution in [1.29, 1.82) is 0 Å². The van der Waals surface area contributed by atoms with Gasteiger partial charge >= 0.3 is 0 Å². The number of furan rings is 1. The molecule has 14 heavy (non-hydrogen) atoms. The van der Waals surface area contributed by atoms with Gasteiger partial charge in [-0.15, -0.1) is 0 Å². The molecule has 0 aliphatic rings. The number of aldehydes is 1. The molecular formula is C11H9BrO2. The fraction of sp³-hybridized carbons (Fsp3) is 0.182. The van der Waals surface area contributed by atoms with Gasteiger partial charge in [0, 0.05) is 5.39 Å². The predicted molar refractivity (Wildman–Crippen MR) is 58.7 cm³/mol. The van der Waals surface area contributed by atoms with Crippen molar-refractivity contribution < 1.29 is 9.21 Å². The first-order chi connectivity index (χ1) is 6.79. The lowest BCUT2D eigenvalue weighted by Gasteiger charge is -2.01. The molecule has 2 rings (SSSR count). The Morgan fingerprint density at radius 2 is 2.29 bits per heavy atom. The van der Waals surface area contributed by atoms with Gasteiger partial charge in [0.1, 0.15) is 11.9 Å². The number of fused-ring (bicyclic) bond motifs is 1. The van der Waals surface area contributed by atoms with Crippen LogP contribution < -0.4 is 0 Å². The van der Waals surface area contributed by atoms with Crippen LogP contribution in [0.15, 0.2) is 34.9 Å². The summed E-state index contributed by atoms with van der Waals surface area (Å²) in [6, 6.07) is 7.86. The van der Waals surface area contributed by atoms with E-state index in [1.165, 1.54) is 0 Å². The summed E-state index contributed by atoms with van der Waals surface area (Å²) >= 11 is 3.28. The van der Waals surface area contributed by atoms with Crippen LogP contribution in [0.25, 0.3) is 11.0 Å². The molecular weight excluding hydrogens is 244 g/mol. The molecule has 0 amide bonds. The Labute approximate surface area is 90.0 Å². The molecule has 1 aromatic heterocycles. The number of carbonyl (C=O) groups is 1. The largest absolute Gasteiger partial charge is 0.464 e. The maximum absolute atomic E-state index is 10.5. The SMILES string of the molecule is O=C[C@@H](Br)Cc1ccc2occc2c1. The summed E-state index contributed by atoms with van der Waals surface area (Å²) < 4.78 is 5.22. The molecule has 0 fully saturated rings. The zero-order valence-electron chi connectivity index (χ0n) is 7.44. The smallest absolute Gasteiger partial charge is 0.133 e. The van der Waals surface area contributed by atoms with Gasteiger partial charge in [-0.3, -0.25) is 0 Å². The van der Waals surface area contributed by atoms with Crippen molar-refractivity contribution in [3.8, 4) is 0 Å². The van der Waals surface area contributed by atoms with Crippen LogP contribution >= 0.6 is 15.9 Å². The molecule has 2 aromatic rings. The Morgan fingerprint density at radius 1 is 1.43 bits per heavy atom. The summed E-state index contributed by atoms with van der Waals surface area (Å²) in [5.74, 6) is 0. The second-order valence-corrected chi connectivity index (χ2v) is 4.33. The maximum Gasteiger partial charge on any atom is 0.133 e. The molecule has 1 atom stereocenters. The van der Waals surface area contributed by atoms with E-state index in [-0.39, 0.29) is 4.83 Å². The topological polar surface area (TPSA) is 30.2 Å². The first kappa shape index (κ1) is 9.46.